The van der Waals surface area contributed by atoms with Crippen LogP contribution in [-0.2, 0) is 4.79 Å². The van der Waals surface area contributed by atoms with Gasteiger partial charge in [-0.3, -0.25) is 9.69 Å². The molecule has 18 heavy (non-hydrogen) atoms. The molecule has 0 radical (unpaired) electrons. The van der Waals surface area contributed by atoms with Crippen molar-refractivity contribution in [2.45, 2.75) is 51.0 Å². The Morgan fingerprint density at radius 2 is 1.78 bits per heavy atom. The predicted molar refractivity (Wildman–Crippen MR) is 71.3 cm³/mol. The fraction of sp³-hybridized carbons (Fsp3) is 0.929. The molecule has 0 aliphatic carbocycles. The first kappa shape index (κ1) is 13.8. The number of amides is 1. The molecule has 2 rings (SSSR count). The predicted octanol–water partition coefficient (Wildman–Crippen LogP) is 1.24. The fourth-order valence-electron chi connectivity index (χ4n) is 3.07. The monoisotopic (exact) mass is 254 g/mol. The maximum atomic E-state index is 12.2. The highest BCUT2D eigenvalue weighted by Gasteiger charge is 2.30. The van der Waals surface area contributed by atoms with Crippen LogP contribution in [0.1, 0.15) is 45.4 Å². The van der Waals surface area contributed by atoms with Crippen molar-refractivity contribution in [3.63, 3.8) is 0 Å². The Labute approximate surface area is 110 Å². The van der Waals surface area contributed by atoms with E-state index in [1.54, 1.807) is 0 Å². The van der Waals surface area contributed by atoms with E-state index in [9.17, 15) is 9.90 Å². The number of β-amino-alcohol motifs (C(OH)–C–C–N with tert-alkyl or cyclic N) is 1. The number of carbonyl (C=O) groups is 1. The normalized spacial score (nSPS) is 31.1. The van der Waals surface area contributed by atoms with Gasteiger partial charge in [-0.05, 0) is 39.2 Å². The van der Waals surface area contributed by atoms with Gasteiger partial charge in [0.05, 0.1) is 12.1 Å². The summed E-state index contributed by atoms with van der Waals surface area (Å²) in [6.07, 6.45) is 6.62. The number of nitrogens with zero attached hydrogens (tertiary/aromatic N) is 2. The summed E-state index contributed by atoms with van der Waals surface area (Å²) < 4.78 is 0. The van der Waals surface area contributed by atoms with Gasteiger partial charge >= 0.3 is 0 Å². The Kier molecular flexibility index (Phi) is 4.62. The molecule has 0 spiro atoms. The summed E-state index contributed by atoms with van der Waals surface area (Å²) in [5.41, 5.74) is -0.614. The van der Waals surface area contributed by atoms with E-state index in [2.05, 4.69) is 4.90 Å². The highest BCUT2D eigenvalue weighted by molar-refractivity contribution is 5.78. The molecule has 2 aliphatic heterocycles. The Morgan fingerprint density at radius 1 is 1.11 bits per heavy atom. The molecule has 0 bridgehead atoms. The molecular formula is C14H26N2O2. The summed E-state index contributed by atoms with van der Waals surface area (Å²) in [6, 6.07) is 0. The molecule has 1 unspecified atom stereocenters. The summed E-state index contributed by atoms with van der Waals surface area (Å²) >= 11 is 0. The summed E-state index contributed by atoms with van der Waals surface area (Å²) in [7, 11) is 0. The van der Waals surface area contributed by atoms with E-state index in [1.807, 2.05) is 11.8 Å². The van der Waals surface area contributed by atoms with E-state index in [1.165, 1.54) is 12.8 Å². The standard InChI is InChI=1S/C14H26N2O2/c1-14(18)7-6-8-15(12-14)11-13(17)16-9-4-2-3-5-10-16/h18H,2-12H2,1H3. The van der Waals surface area contributed by atoms with Gasteiger partial charge in [-0.15, -0.1) is 0 Å². The second-order valence-electron chi connectivity index (χ2n) is 6.11. The van der Waals surface area contributed by atoms with E-state index in [4.69, 9.17) is 0 Å². The van der Waals surface area contributed by atoms with Crippen molar-refractivity contribution in [1.29, 1.82) is 0 Å². The van der Waals surface area contributed by atoms with E-state index < -0.39 is 5.60 Å². The molecule has 0 aromatic rings. The summed E-state index contributed by atoms with van der Waals surface area (Å²) in [5.74, 6) is 0.245. The molecule has 2 aliphatic rings. The zero-order valence-corrected chi connectivity index (χ0v) is 11.5. The first-order valence-corrected chi connectivity index (χ1v) is 7.29. The van der Waals surface area contributed by atoms with Gasteiger partial charge < -0.3 is 10.0 Å². The number of hydrogen-bond donors (Lipinski definition) is 1. The first-order chi connectivity index (χ1) is 8.57. The largest absolute Gasteiger partial charge is 0.389 e. The smallest absolute Gasteiger partial charge is 0.236 e. The average Bonchev–Trinajstić information content (AvgIpc) is 2.55. The molecule has 2 fully saturated rings. The van der Waals surface area contributed by atoms with Crippen molar-refractivity contribution in [2.24, 2.45) is 0 Å². The molecule has 4 nitrogen and oxygen atoms in total. The van der Waals surface area contributed by atoms with Crippen LogP contribution >= 0.6 is 0 Å². The zero-order valence-electron chi connectivity index (χ0n) is 11.5. The third kappa shape index (κ3) is 3.95. The van der Waals surface area contributed by atoms with Gasteiger partial charge in [0.2, 0.25) is 5.91 Å². The molecule has 0 aromatic heterocycles. The van der Waals surface area contributed by atoms with Crippen LogP contribution in [0.15, 0.2) is 0 Å². The second-order valence-corrected chi connectivity index (χ2v) is 6.11. The lowest BCUT2D eigenvalue weighted by Gasteiger charge is -2.37. The molecule has 1 atom stereocenters. The lowest BCUT2D eigenvalue weighted by atomic mass is 9.95. The van der Waals surface area contributed by atoms with Crippen molar-refractivity contribution < 1.29 is 9.90 Å². The quantitative estimate of drug-likeness (QED) is 0.806. The van der Waals surface area contributed by atoms with Crippen molar-refractivity contribution in [1.82, 2.24) is 9.80 Å². The third-order valence-corrected chi connectivity index (χ3v) is 4.07. The van der Waals surface area contributed by atoms with Gasteiger partial charge in [-0.2, -0.15) is 0 Å². The number of hydrogen-bond acceptors (Lipinski definition) is 3. The number of carbonyl (C=O) groups excluding carboxylic acids is 1. The van der Waals surface area contributed by atoms with Gasteiger partial charge in [0.25, 0.3) is 0 Å². The highest BCUT2D eigenvalue weighted by Crippen LogP contribution is 2.20. The Balaban J connectivity index is 1.82. The minimum atomic E-state index is -0.614. The number of piperidine rings is 1. The van der Waals surface area contributed by atoms with Crippen LogP contribution in [0.25, 0.3) is 0 Å². The topological polar surface area (TPSA) is 43.8 Å². The molecular weight excluding hydrogens is 228 g/mol. The van der Waals surface area contributed by atoms with Crippen LogP contribution in [0, 0.1) is 0 Å². The van der Waals surface area contributed by atoms with Crippen molar-refractivity contribution >= 4 is 5.91 Å². The van der Waals surface area contributed by atoms with Gasteiger partial charge in [-0.1, -0.05) is 12.8 Å². The third-order valence-electron chi connectivity index (χ3n) is 4.07. The molecule has 1 N–H and O–H groups in total. The minimum Gasteiger partial charge on any atom is -0.389 e. The first-order valence-electron chi connectivity index (χ1n) is 7.29. The molecule has 1 amide bonds. The van der Waals surface area contributed by atoms with E-state index in [0.717, 1.165) is 45.3 Å². The van der Waals surface area contributed by atoms with Gasteiger partial charge in [0, 0.05) is 19.6 Å². The molecule has 2 saturated heterocycles. The van der Waals surface area contributed by atoms with Crippen LogP contribution in [0.3, 0.4) is 0 Å². The Morgan fingerprint density at radius 3 is 2.39 bits per heavy atom. The van der Waals surface area contributed by atoms with E-state index >= 15 is 0 Å². The maximum Gasteiger partial charge on any atom is 0.236 e. The number of likely N-dealkylation sites (tertiary alicyclic amines) is 2. The summed E-state index contributed by atoms with van der Waals surface area (Å²) in [5, 5.41) is 10.0. The van der Waals surface area contributed by atoms with Gasteiger partial charge in [-0.25, -0.2) is 0 Å². The van der Waals surface area contributed by atoms with E-state index in [0.29, 0.717) is 13.1 Å². The number of aliphatic hydroxyl groups is 1. The SMILES string of the molecule is CC1(O)CCCN(CC(=O)N2CCCCCC2)C1. The molecule has 2 heterocycles. The summed E-state index contributed by atoms with van der Waals surface area (Å²) in [6.45, 7) is 5.76. The molecule has 4 heteroatoms. The number of rotatable bonds is 2. The van der Waals surface area contributed by atoms with E-state index in [-0.39, 0.29) is 5.91 Å². The van der Waals surface area contributed by atoms with Crippen LogP contribution in [-0.4, -0.2) is 59.1 Å². The Bertz CT molecular complexity index is 284. The molecule has 0 saturated carbocycles. The highest BCUT2D eigenvalue weighted by atomic mass is 16.3. The lowest BCUT2D eigenvalue weighted by molar-refractivity contribution is -0.133. The van der Waals surface area contributed by atoms with Crippen molar-refractivity contribution in [3.05, 3.63) is 0 Å². The van der Waals surface area contributed by atoms with Crippen LogP contribution in [0.4, 0.5) is 0 Å². The van der Waals surface area contributed by atoms with Crippen LogP contribution < -0.4 is 0 Å². The lowest BCUT2D eigenvalue weighted by Crippen LogP contribution is -2.50. The summed E-state index contributed by atoms with van der Waals surface area (Å²) in [4.78, 5) is 16.4. The van der Waals surface area contributed by atoms with Crippen LogP contribution in [0.2, 0.25) is 0 Å². The minimum absolute atomic E-state index is 0.245. The van der Waals surface area contributed by atoms with Crippen molar-refractivity contribution in [3.8, 4) is 0 Å². The van der Waals surface area contributed by atoms with Crippen LogP contribution in [0.5, 0.6) is 0 Å². The van der Waals surface area contributed by atoms with Gasteiger partial charge in [0.1, 0.15) is 0 Å². The maximum absolute atomic E-state index is 12.2. The molecule has 104 valence electrons. The van der Waals surface area contributed by atoms with Crippen molar-refractivity contribution in [2.75, 3.05) is 32.7 Å². The average molecular weight is 254 g/mol. The zero-order chi connectivity index (χ0) is 13.0. The molecule has 0 aromatic carbocycles. The van der Waals surface area contributed by atoms with Gasteiger partial charge in [0.15, 0.2) is 0 Å². The second kappa shape index (κ2) is 6.02. The Hall–Kier alpha value is -0.610. The fourth-order valence-corrected chi connectivity index (χ4v) is 3.07.